The summed E-state index contributed by atoms with van der Waals surface area (Å²) in [7, 11) is 0. The fourth-order valence-corrected chi connectivity index (χ4v) is 18.1. The average Bonchev–Trinajstić information content (AvgIpc) is 0.878. The van der Waals surface area contributed by atoms with Gasteiger partial charge >= 0.3 is 0 Å². The van der Waals surface area contributed by atoms with E-state index in [1.54, 1.807) is 0 Å². The molecule has 84 heavy (non-hydrogen) atoms. The minimum atomic E-state index is -0.184. The Kier molecular flexibility index (Phi) is 10.7. The number of aryl methyl sites for hydroxylation is 2. The van der Waals surface area contributed by atoms with Gasteiger partial charge in [-0.3, -0.25) is 0 Å². The molecule has 0 radical (unpaired) electrons. The molecule has 7 aliphatic rings. The highest BCUT2D eigenvalue weighted by Crippen LogP contribution is 2.63. The normalized spacial score (nSPS) is 22.5. The highest BCUT2D eigenvalue weighted by atomic mass is 16.3. The number of furan rings is 1. The van der Waals surface area contributed by atoms with Crippen molar-refractivity contribution >= 4 is 90.5 Å². The monoisotopic (exact) mass is 1100 g/mol. The molecule has 1 saturated carbocycles. The van der Waals surface area contributed by atoms with Gasteiger partial charge in [-0.15, -0.1) is 0 Å². The fraction of sp³-hybridized carbons (Fsp3) is 0.392. The molecule has 0 N–H and O–H groups in total. The summed E-state index contributed by atoms with van der Waals surface area (Å²) in [4.78, 5) is 8.40. The molecule has 0 amide bonds. The maximum Gasteiger partial charge on any atom is 0.252 e. The minimum Gasteiger partial charge on any atom is -0.454 e. The van der Waals surface area contributed by atoms with Crippen LogP contribution in [-0.4, -0.2) is 12.3 Å². The molecule has 2 atom stereocenters. The van der Waals surface area contributed by atoms with Gasteiger partial charge in [-0.25, -0.2) is 0 Å². The summed E-state index contributed by atoms with van der Waals surface area (Å²) >= 11 is 0. The molecule has 0 bridgehead atoms. The zero-order valence-electron chi connectivity index (χ0n) is 52.6. The Bertz CT molecular complexity index is 4350. The Hall–Kier alpha value is -6.98. The van der Waals surface area contributed by atoms with Crippen LogP contribution < -0.4 is 31.1 Å². The van der Waals surface area contributed by atoms with Crippen LogP contribution in [0.25, 0.3) is 33.1 Å². The van der Waals surface area contributed by atoms with Crippen LogP contribution in [-0.2, 0) is 45.3 Å². The minimum absolute atomic E-state index is 0.00602. The first-order valence-electron chi connectivity index (χ1n) is 32.1. The molecule has 0 saturated heterocycles. The van der Waals surface area contributed by atoms with Gasteiger partial charge in [-0.2, -0.15) is 0 Å². The van der Waals surface area contributed by atoms with E-state index >= 15 is 0 Å². The number of rotatable bonds is 3. The van der Waals surface area contributed by atoms with Crippen molar-refractivity contribution in [3.05, 3.63) is 184 Å². The summed E-state index contributed by atoms with van der Waals surface area (Å²) in [6.07, 6.45) is 11.4. The predicted octanol–water partition coefficient (Wildman–Crippen LogP) is 19.5. The van der Waals surface area contributed by atoms with E-state index in [1.807, 2.05) is 0 Å². The molecule has 4 aliphatic carbocycles. The largest absolute Gasteiger partial charge is 0.454 e. The van der Waals surface area contributed by atoms with E-state index < -0.39 is 0 Å². The lowest BCUT2D eigenvalue weighted by atomic mass is 9.32. The van der Waals surface area contributed by atoms with Crippen molar-refractivity contribution in [1.82, 2.24) is 0 Å². The summed E-state index contributed by atoms with van der Waals surface area (Å²) in [6.45, 7) is 34.8. The number of nitrogens with zero attached hydrogens (tertiary/aromatic N) is 3. The molecule has 1 fully saturated rings. The van der Waals surface area contributed by atoms with E-state index in [1.165, 1.54) is 143 Å². The van der Waals surface area contributed by atoms with Crippen molar-refractivity contribution in [1.29, 1.82) is 0 Å². The number of hydrogen-bond donors (Lipinski definition) is 0. The second kappa shape index (κ2) is 17.1. The van der Waals surface area contributed by atoms with Crippen LogP contribution in [0.4, 0.5) is 45.5 Å². The molecule has 5 heteroatoms. The van der Waals surface area contributed by atoms with Crippen LogP contribution in [0.2, 0.25) is 0 Å². The van der Waals surface area contributed by atoms with Crippen molar-refractivity contribution in [2.24, 2.45) is 0 Å². The van der Waals surface area contributed by atoms with Crippen LogP contribution in [0, 0.1) is 6.92 Å². The van der Waals surface area contributed by atoms with Gasteiger partial charge in [0.15, 0.2) is 5.58 Å². The zero-order valence-corrected chi connectivity index (χ0v) is 52.6. The highest BCUT2D eigenvalue weighted by molar-refractivity contribution is 7.00. The van der Waals surface area contributed by atoms with E-state index in [-0.39, 0.29) is 44.7 Å². The molecular formula is C79H84BN3O. The number of fused-ring (bicyclic) bond motifs is 16. The van der Waals surface area contributed by atoms with Crippen LogP contribution in [0.15, 0.2) is 138 Å². The summed E-state index contributed by atoms with van der Waals surface area (Å²) in [5, 5.41) is 2.31. The van der Waals surface area contributed by atoms with Crippen LogP contribution in [0.5, 0.6) is 0 Å². The Morgan fingerprint density at radius 1 is 0.464 bits per heavy atom. The molecule has 8 aromatic carbocycles. The van der Waals surface area contributed by atoms with Crippen molar-refractivity contribution in [3.63, 3.8) is 0 Å². The molecule has 2 unspecified atom stereocenters. The van der Waals surface area contributed by atoms with Gasteiger partial charge in [-0.1, -0.05) is 181 Å². The molecule has 16 rings (SSSR count). The van der Waals surface area contributed by atoms with Crippen molar-refractivity contribution < 1.29 is 4.42 Å². The van der Waals surface area contributed by atoms with E-state index in [9.17, 15) is 0 Å². The Morgan fingerprint density at radius 3 is 1.79 bits per heavy atom. The third-order valence-electron chi connectivity index (χ3n) is 23.5. The molecule has 9 aromatic rings. The maximum atomic E-state index is 7.26. The van der Waals surface area contributed by atoms with Gasteiger partial charge in [0.25, 0.3) is 6.71 Å². The molecule has 3 aliphatic heterocycles. The lowest BCUT2D eigenvalue weighted by Crippen LogP contribution is -2.63. The number of para-hydroxylation sites is 2. The first-order valence-corrected chi connectivity index (χ1v) is 32.1. The third kappa shape index (κ3) is 7.02. The molecular weight excluding hydrogens is 1020 g/mol. The third-order valence-corrected chi connectivity index (χ3v) is 23.5. The molecule has 0 spiro atoms. The number of benzene rings is 8. The van der Waals surface area contributed by atoms with Crippen molar-refractivity contribution in [2.45, 2.75) is 199 Å². The van der Waals surface area contributed by atoms with Gasteiger partial charge < -0.3 is 19.1 Å². The first-order chi connectivity index (χ1) is 39.9. The number of anilines is 8. The Balaban J connectivity index is 1.09. The standard InChI is InChI=1S/C79H84BN3O/c1-47-40-56-58(76(9,10)38-36-74(56,5)6)45-65(47)81-63-33-31-52-51-23-16-15-22-48(51)28-30-54(52)70(63)80-61-44-57-59(77(11,12)39-37-75(57,7)8)46-66(61)82(64-26-21-25-55-53-24-17-18-27-69(53)84-72(55)64)68-43-50(42-67(81)71(68)80)83-62-32-29-49(73(2,3)4)41-60(62)78(13)34-19-20-35-79(78,83)14/h15-18,21-27,29,31-33,40-46H,19-20,28,30,34-39H2,1-14H3. The van der Waals surface area contributed by atoms with E-state index in [0.29, 0.717) is 0 Å². The zero-order chi connectivity index (χ0) is 58.2. The molecule has 4 heterocycles. The van der Waals surface area contributed by atoms with Gasteiger partial charge in [0.1, 0.15) is 5.58 Å². The Morgan fingerprint density at radius 2 is 1.07 bits per heavy atom. The van der Waals surface area contributed by atoms with Gasteiger partial charge in [0.2, 0.25) is 0 Å². The summed E-state index contributed by atoms with van der Waals surface area (Å²) in [5.74, 6) is 0. The smallest absolute Gasteiger partial charge is 0.252 e. The summed E-state index contributed by atoms with van der Waals surface area (Å²) < 4.78 is 7.26. The summed E-state index contributed by atoms with van der Waals surface area (Å²) in [5.41, 5.74) is 32.1. The SMILES string of the molecule is Cc1cc2c(cc1N1c3cc(N4c5ccc(C(C)(C)C)cc5C5(C)CCCCC45C)cc4c3B(c3cc5c(cc3N4c3cccc4c3oc3ccccc34)C(C)(C)CCC5(C)C)c3c1ccc1c3CCc3ccccc3-1)C(C)(C)CCC2(C)C. The van der Waals surface area contributed by atoms with Crippen LogP contribution >= 0.6 is 0 Å². The average molecular weight is 1100 g/mol. The molecule has 4 nitrogen and oxygen atoms in total. The highest BCUT2D eigenvalue weighted by Gasteiger charge is 2.59. The van der Waals surface area contributed by atoms with Gasteiger partial charge in [-0.05, 0) is 218 Å². The lowest BCUT2D eigenvalue weighted by Gasteiger charge is -2.51. The number of hydrogen-bond acceptors (Lipinski definition) is 4. The molecule has 1 aromatic heterocycles. The van der Waals surface area contributed by atoms with E-state index in [0.717, 1.165) is 66.2 Å². The summed E-state index contributed by atoms with van der Waals surface area (Å²) in [6, 6.07) is 53.7. The maximum absolute atomic E-state index is 7.26. The van der Waals surface area contributed by atoms with E-state index in [4.69, 9.17) is 4.42 Å². The van der Waals surface area contributed by atoms with Gasteiger partial charge in [0, 0.05) is 56.0 Å². The van der Waals surface area contributed by atoms with Gasteiger partial charge in [0.05, 0.1) is 11.2 Å². The quantitative estimate of drug-likeness (QED) is 0.165. The molecule has 424 valence electrons. The second-order valence-corrected chi connectivity index (χ2v) is 31.2. The van der Waals surface area contributed by atoms with Crippen molar-refractivity contribution in [2.75, 3.05) is 14.7 Å². The Labute approximate surface area is 500 Å². The van der Waals surface area contributed by atoms with E-state index in [2.05, 4.69) is 245 Å². The van der Waals surface area contributed by atoms with Crippen LogP contribution in [0.1, 0.15) is 191 Å². The first kappa shape index (κ1) is 52.6. The lowest BCUT2D eigenvalue weighted by molar-refractivity contribution is 0.195. The van der Waals surface area contributed by atoms with Crippen LogP contribution in [0.3, 0.4) is 0 Å². The van der Waals surface area contributed by atoms with Crippen molar-refractivity contribution in [3.8, 4) is 11.1 Å². The fourth-order valence-electron chi connectivity index (χ4n) is 18.1. The topological polar surface area (TPSA) is 22.9 Å². The second-order valence-electron chi connectivity index (χ2n) is 31.2. The predicted molar refractivity (Wildman–Crippen MR) is 357 cm³/mol.